The number of benzene rings is 1. The molecule has 0 radical (unpaired) electrons. The third-order valence-electron chi connectivity index (χ3n) is 3.48. The molecule has 2 aromatic rings. The lowest BCUT2D eigenvalue weighted by Gasteiger charge is -2.20. The predicted molar refractivity (Wildman–Crippen MR) is 79.9 cm³/mol. The van der Waals surface area contributed by atoms with E-state index in [0.717, 1.165) is 24.2 Å². The van der Waals surface area contributed by atoms with Gasteiger partial charge < -0.3 is 10.1 Å². The van der Waals surface area contributed by atoms with Crippen LogP contribution in [0.2, 0.25) is 0 Å². The Morgan fingerprint density at radius 2 is 2.32 bits per heavy atom. The normalized spacial score (nSPS) is 14.5. The van der Waals surface area contributed by atoms with Crippen molar-refractivity contribution in [2.75, 3.05) is 6.61 Å². The van der Waals surface area contributed by atoms with Crippen molar-refractivity contribution < 1.29 is 9.53 Å². The van der Waals surface area contributed by atoms with Crippen LogP contribution in [-0.2, 0) is 4.79 Å². The minimum Gasteiger partial charge on any atom is -0.488 e. The van der Waals surface area contributed by atoms with Crippen LogP contribution in [0.15, 0.2) is 29.8 Å². The van der Waals surface area contributed by atoms with E-state index in [9.17, 15) is 4.79 Å². The maximum absolute atomic E-state index is 12.4. The number of hydrogen-bond donors (Lipinski definition) is 2. The summed E-state index contributed by atoms with van der Waals surface area (Å²) in [5.41, 5.74) is 1.49. The number of ether oxygens (including phenoxy) is 1. The Morgan fingerprint density at radius 3 is 3.09 bits per heavy atom. The highest BCUT2D eigenvalue weighted by Gasteiger charge is 2.22. The minimum absolute atomic E-state index is 0.169. The molecule has 0 aliphatic carbocycles. The number of nitrogens with zero attached hydrogens (tertiary/aromatic N) is 3. The molecule has 3 rings (SSSR count). The van der Waals surface area contributed by atoms with Crippen molar-refractivity contribution in [3.8, 4) is 5.75 Å². The predicted octanol–water partition coefficient (Wildman–Crippen LogP) is 1.63. The van der Waals surface area contributed by atoms with Gasteiger partial charge in [-0.05, 0) is 18.6 Å². The number of aromatic amines is 1. The minimum atomic E-state index is -0.255. The van der Waals surface area contributed by atoms with E-state index in [1.165, 1.54) is 0 Å². The van der Waals surface area contributed by atoms with Crippen LogP contribution in [0, 0.1) is 0 Å². The zero-order valence-corrected chi connectivity index (χ0v) is 12.2. The molecule has 1 atom stereocenters. The van der Waals surface area contributed by atoms with E-state index in [2.05, 4.69) is 25.9 Å². The maximum Gasteiger partial charge on any atom is 0.251 e. The first kappa shape index (κ1) is 14.2. The van der Waals surface area contributed by atoms with Crippen molar-refractivity contribution in [3.63, 3.8) is 0 Å². The lowest BCUT2D eigenvalue weighted by atomic mass is 10.1. The van der Waals surface area contributed by atoms with E-state index in [1.807, 2.05) is 37.3 Å². The number of fused-ring (bicyclic) bond motifs is 1. The number of aromatic nitrogens is 4. The number of carbonyl (C=O) groups is 1. The van der Waals surface area contributed by atoms with Gasteiger partial charge in [-0.15, -0.1) is 10.2 Å². The highest BCUT2D eigenvalue weighted by Crippen LogP contribution is 2.26. The van der Waals surface area contributed by atoms with Gasteiger partial charge in [-0.25, -0.2) is 0 Å². The van der Waals surface area contributed by atoms with Gasteiger partial charge in [0.15, 0.2) is 5.82 Å². The summed E-state index contributed by atoms with van der Waals surface area (Å²) in [5.74, 6) is 1.12. The molecular formula is C15H17N5O2. The molecule has 1 aliphatic heterocycles. The Bertz CT molecular complexity index is 681. The number of amides is 1. The molecule has 114 valence electrons. The molecular weight excluding hydrogens is 282 g/mol. The van der Waals surface area contributed by atoms with Crippen molar-refractivity contribution in [2.45, 2.75) is 25.8 Å². The van der Waals surface area contributed by atoms with Gasteiger partial charge in [0.05, 0.1) is 11.6 Å². The second-order valence-corrected chi connectivity index (χ2v) is 5.08. The summed E-state index contributed by atoms with van der Waals surface area (Å²) in [7, 11) is 0. The van der Waals surface area contributed by atoms with Crippen LogP contribution < -0.4 is 10.1 Å². The second kappa shape index (κ2) is 6.38. The van der Waals surface area contributed by atoms with Crippen molar-refractivity contribution in [3.05, 3.63) is 41.2 Å². The highest BCUT2D eigenvalue weighted by atomic mass is 16.5. The molecule has 1 aromatic carbocycles. The number of H-pyrrole nitrogens is 1. The number of rotatable bonds is 5. The maximum atomic E-state index is 12.4. The van der Waals surface area contributed by atoms with Crippen molar-refractivity contribution in [1.29, 1.82) is 0 Å². The molecule has 0 unspecified atom stereocenters. The molecule has 7 nitrogen and oxygen atoms in total. The number of hydrogen-bond acceptors (Lipinski definition) is 5. The van der Waals surface area contributed by atoms with Gasteiger partial charge in [0.25, 0.3) is 5.91 Å². The average Bonchev–Trinajstić information content (AvgIpc) is 3.08. The number of tetrazole rings is 1. The molecule has 1 aromatic heterocycles. The molecule has 22 heavy (non-hydrogen) atoms. The summed E-state index contributed by atoms with van der Waals surface area (Å²) in [6.45, 7) is 2.30. The molecule has 0 saturated heterocycles. The summed E-state index contributed by atoms with van der Waals surface area (Å²) in [5, 5.41) is 16.8. The third-order valence-corrected chi connectivity index (χ3v) is 3.48. The largest absolute Gasteiger partial charge is 0.488 e. The van der Waals surface area contributed by atoms with Crippen LogP contribution in [0.25, 0.3) is 6.08 Å². The van der Waals surface area contributed by atoms with Gasteiger partial charge in [-0.1, -0.05) is 36.8 Å². The van der Waals surface area contributed by atoms with E-state index in [4.69, 9.17) is 4.74 Å². The zero-order chi connectivity index (χ0) is 15.4. The standard InChI is InChI=1S/C15H17N5O2/c1-2-5-12(14-17-19-20-18-14)16-15(21)11-8-10-6-3-4-7-13(10)22-9-11/h3-4,6-8,12H,2,5,9H2,1H3,(H,16,21)(H,17,18,19,20)/t12-/m0/s1. The molecule has 0 spiro atoms. The zero-order valence-electron chi connectivity index (χ0n) is 12.2. The Balaban J connectivity index is 1.75. The Morgan fingerprint density at radius 1 is 1.45 bits per heavy atom. The van der Waals surface area contributed by atoms with Crippen LogP contribution in [0.4, 0.5) is 0 Å². The first-order valence-electron chi connectivity index (χ1n) is 7.24. The SMILES string of the molecule is CCC[C@H](NC(=O)C1=Cc2ccccc2OC1)c1nn[nH]n1. The topological polar surface area (TPSA) is 92.8 Å². The van der Waals surface area contributed by atoms with E-state index in [-0.39, 0.29) is 18.6 Å². The Kier molecular flexibility index (Phi) is 4.13. The summed E-state index contributed by atoms with van der Waals surface area (Å²) in [6, 6.07) is 7.38. The summed E-state index contributed by atoms with van der Waals surface area (Å²) in [4.78, 5) is 12.4. The van der Waals surface area contributed by atoms with Gasteiger partial charge in [0, 0.05) is 5.56 Å². The quantitative estimate of drug-likeness (QED) is 0.875. The summed E-state index contributed by atoms with van der Waals surface area (Å²) >= 11 is 0. The van der Waals surface area contributed by atoms with Crippen molar-refractivity contribution in [2.24, 2.45) is 0 Å². The van der Waals surface area contributed by atoms with Crippen molar-refractivity contribution >= 4 is 12.0 Å². The second-order valence-electron chi connectivity index (χ2n) is 5.08. The molecule has 1 aliphatic rings. The van der Waals surface area contributed by atoms with Gasteiger partial charge in [0.1, 0.15) is 12.4 Å². The fourth-order valence-electron chi connectivity index (χ4n) is 2.37. The fourth-order valence-corrected chi connectivity index (χ4v) is 2.37. The van der Waals surface area contributed by atoms with Crippen molar-refractivity contribution in [1.82, 2.24) is 25.9 Å². The molecule has 0 fully saturated rings. The van der Waals surface area contributed by atoms with Crippen LogP contribution in [0.3, 0.4) is 0 Å². The van der Waals surface area contributed by atoms with Crippen LogP contribution >= 0.6 is 0 Å². The molecule has 0 bridgehead atoms. The molecule has 0 saturated carbocycles. The fraction of sp³-hybridized carbons (Fsp3) is 0.333. The average molecular weight is 299 g/mol. The van der Waals surface area contributed by atoms with Gasteiger partial charge in [-0.3, -0.25) is 4.79 Å². The Hall–Kier alpha value is -2.70. The first-order valence-corrected chi connectivity index (χ1v) is 7.24. The van der Waals surface area contributed by atoms with E-state index >= 15 is 0 Å². The lowest BCUT2D eigenvalue weighted by Crippen LogP contribution is -2.32. The first-order chi connectivity index (χ1) is 10.8. The van der Waals surface area contributed by atoms with Crippen LogP contribution in [0.1, 0.15) is 37.2 Å². The van der Waals surface area contributed by atoms with E-state index < -0.39 is 0 Å². The van der Waals surface area contributed by atoms with E-state index in [0.29, 0.717) is 11.4 Å². The highest BCUT2D eigenvalue weighted by molar-refractivity contribution is 5.99. The number of para-hydroxylation sites is 1. The number of nitrogens with one attached hydrogen (secondary N) is 2. The monoisotopic (exact) mass is 299 g/mol. The molecule has 2 N–H and O–H groups in total. The summed E-state index contributed by atoms with van der Waals surface area (Å²) < 4.78 is 5.61. The molecule has 1 amide bonds. The van der Waals surface area contributed by atoms with Crippen LogP contribution in [-0.4, -0.2) is 33.1 Å². The van der Waals surface area contributed by atoms with Gasteiger partial charge in [0.2, 0.25) is 0 Å². The lowest BCUT2D eigenvalue weighted by molar-refractivity contribution is -0.118. The number of carbonyl (C=O) groups excluding carboxylic acids is 1. The molecule has 2 heterocycles. The van der Waals surface area contributed by atoms with E-state index in [1.54, 1.807) is 0 Å². The van der Waals surface area contributed by atoms with Gasteiger partial charge in [-0.2, -0.15) is 5.21 Å². The van der Waals surface area contributed by atoms with Crippen LogP contribution in [0.5, 0.6) is 5.75 Å². The smallest absolute Gasteiger partial charge is 0.251 e. The Labute approximate surface area is 127 Å². The third kappa shape index (κ3) is 2.98. The van der Waals surface area contributed by atoms with Gasteiger partial charge >= 0.3 is 0 Å². The summed E-state index contributed by atoms with van der Waals surface area (Å²) in [6.07, 6.45) is 3.50. The molecule has 7 heteroatoms.